The summed E-state index contributed by atoms with van der Waals surface area (Å²) in [5, 5.41) is 15.2. The first-order valence-electron chi connectivity index (χ1n) is 7.62. The molecular formula is C15H26IN7. The zero-order chi connectivity index (χ0) is 15.8. The second-order valence-corrected chi connectivity index (χ2v) is 5.20. The second-order valence-electron chi connectivity index (χ2n) is 5.20. The molecule has 2 aromatic heterocycles. The van der Waals surface area contributed by atoms with Crippen LogP contribution in [-0.4, -0.2) is 45.7 Å². The molecule has 8 heteroatoms. The number of guanidine groups is 1. The van der Waals surface area contributed by atoms with Gasteiger partial charge in [-0.1, -0.05) is 0 Å². The van der Waals surface area contributed by atoms with E-state index in [1.54, 1.807) is 13.2 Å². The molecule has 2 aromatic rings. The third kappa shape index (κ3) is 6.59. The van der Waals surface area contributed by atoms with Crippen molar-refractivity contribution in [2.45, 2.75) is 33.4 Å². The Morgan fingerprint density at radius 1 is 1.22 bits per heavy atom. The fourth-order valence-corrected chi connectivity index (χ4v) is 2.28. The van der Waals surface area contributed by atoms with Gasteiger partial charge >= 0.3 is 0 Å². The highest BCUT2D eigenvalue weighted by Crippen LogP contribution is 2.02. The van der Waals surface area contributed by atoms with E-state index < -0.39 is 0 Å². The summed E-state index contributed by atoms with van der Waals surface area (Å²) >= 11 is 0. The smallest absolute Gasteiger partial charge is 0.191 e. The lowest BCUT2D eigenvalue weighted by Gasteiger charge is -2.12. The van der Waals surface area contributed by atoms with Crippen molar-refractivity contribution in [2.75, 3.05) is 20.1 Å². The summed E-state index contributed by atoms with van der Waals surface area (Å²) in [7, 11) is 1.78. The maximum atomic E-state index is 4.46. The summed E-state index contributed by atoms with van der Waals surface area (Å²) in [6.07, 6.45) is 4.74. The zero-order valence-electron chi connectivity index (χ0n) is 14.0. The number of halogens is 1. The molecule has 0 spiro atoms. The average molecular weight is 431 g/mol. The van der Waals surface area contributed by atoms with Crippen LogP contribution in [0.5, 0.6) is 0 Å². The molecule has 0 saturated heterocycles. The molecule has 0 unspecified atom stereocenters. The van der Waals surface area contributed by atoms with Gasteiger partial charge in [0, 0.05) is 44.8 Å². The van der Waals surface area contributed by atoms with Crippen molar-refractivity contribution >= 4 is 29.9 Å². The monoisotopic (exact) mass is 431 g/mol. The van der Waals surface area contributed by atoms with Crippen molar-refractivity contribution in [2.24, 2.45) is 4.99 Å². The predicted molar refractivity (Wildman–Crippen MR) is 103 cm³/mol. The lowest BCUT2D eigenvalue weighted by atomic mass is 10.4. The molecule has 0 radical (unpaired) electrons. The van der Waals surface area contributed by atoms with Gasteiger partial charge in [-0.15, -0.1) is 24.0 Å². The molecule has 2 rings (SSSR count). The molecule has 0 atom stereocenters. The quantitative estimate of drug-likeness (QED) is 0.302. The summed E-state index contributed by atoms with van der Waals surface area (Å²) < 4.78 is 3.94. The Morgan fingerprint density at radius 2 is 2.00 bits per heavy atom. The molecule has 23 heavy (non-hydrogen) atoms. The predicted octanol–water partition coefficient (Wildman–Crippen LogP) is 1.57. The molecule has 0 aliphatic carbocycles. The molecule has 7 nitrogen and oxygen atoms in total. The van der Waals surface area contributed by atoms with Crippen LogP contribution in [0, 0.1) is 13.8 Å². The summed E-state index contributed by atoms with van der Waals surface area (Å²) in [6.45, 7) is 7.49. The second kappa shape index (κ2) is 10.2. The molecule has 2 heterocycles. The van der Waals surface area contributed by atoms with E-state index in [0.717, 1.165) is 44.3 Å². The number of aliphatic imine (C=N–C) groups is 1. The van der Waals surface area contributed by atoms with Gasteiger partial charge in [0.2, 0.25) is 0 Å². The Morgan fingerprint density at radius 3 is 2.61 bits per heavy atom. The Bertz CT molecular complexity index is 589. The molecule has 2 N–H and O–H groups in total. The number of aryl methyl sites for hydroxylation is 3. The molecule has 0 aliphatic heterocycles. The van der Waals surface area contributed by atoms with Crippen LogP contribution in [0.15, 0.2) is 29.5 Å². The maximum absolute atomic E-state index is 4.46. The summed E-state index contributed by atoms with van der Waals surface area (Å²) in [5.41, 5.74) is 2.28. The van der Waals surface area contributed by atoms with Gasteiger partial charge in [0.05, 0.1) is 12.2 Å². The van der Waals surface area contributed by atoms with E-state index in [4.69, 9.17) is 0 Å². The van der Waals surface area contributed by atoms with E-state index >= 15 is 0 Å². The Kier molecular flexibility index (Phi) is 8.67. The molecule has 0 amide bonds. The van der Waals surface area contributed by atoms with Crippen LogP contribution < -0.4 is 10.6 Å². The minimum atomic E-state index is 0. The van der Waals surface area contributed by atoms with Crippen LogP contribution in [0.4, 0.5) is 0 Å². The minimum Gasteiger partial charge on any atom is -0.356 e. The van der Waals surface area contributed by atoms with Gasteiger partial charge in [0.25, 0.3) is 0 Å². The van der Waals surface area contributed by atoms with Crippen LogP contribution in [-0.2, 0) is 13.1 Å². The van der Waals surface area contributed by atoms with Crippen molar-refractivity contribution in [3.8, 4) is 0 Å². The number of hydrogen-bond acceptors (Lipinski definition) is 3. The summed E-state index contributed by atoms with van der Waals surface area (Å²) in [4.78, 5) is 4.22. The van der Waals surface area contributed by atoms with E-state index in [9.17, 15) is 0 Å². The van der Waals surface area contributed by atoms with Crippen molar-refractivity contribution < 1.29 is 0 Å². The van der Waals surface area contributed by atoms with Crippen molar-refractivity contribution in [1.29, 1.82) is 0 Å². The number of nitrogens with zero attached hydrogens (tertiary/aromatic N) is 5. The minimum absolute atomic E-state index is 0. The number of hydrogen-bond donors (Lipinski definition) is 2. The Balaban J connectivity index is 0.00000264. The molecule has 0 bridgehead atoms. The first-order valence-corrected chi connectivity index (χ1v) is 7.62. The zero-order valence-corrected chi connectivity index (χ0v) is 16.3. The van der Waals surface area contributed by atoms with Crippen molar-refractivity contribution in [3.63, 3.8) is 0 Å². The van der Waals surface area contributed by atoms with E-state index in [2.05, 4.69) is 38.8 Å². The van der Waals surface area contributed by atoms with E-state index in [0.29, 0.717) is 0 Å². The van der Waals surface area contributed by atoms with Crippen LogP contribution in [0.3, 0.4) is 0 Å². The van der Waals surface area contributed by atoms with Gasteiger partial charge in [0.15, 0.2) is 5.96 Å². The third-order valence-corrected chi connectivity index (χ3v) is 3.36. The van der Waals surface area contributed by atoms with Crippen LogP contribution in [0.2, 0.25) is 0 Å². The van der Waals surface area contributed by atoms with Gasteiger partial charge in [0.1, 0.15) is 0 Å². The molecule has 0 aliphatic rings. The van der Waals surface area contributed by atoms with E-state index in [1.165, 1.54) is 5.69 Å². The van der Waals surface area contributed by atoms with E-state index in [-0.39, 0.29) is 24.0 Å². The summed E-state index contributed by atoms with van der Waals surface area (Å²) in [6, 6.07) is 4.02. The summed E-state index contributed by atoms with van der Waals surface area (Å²) in [5.74, 6) is 0.820. The average Bonchev–Trinajstić information content (AvgIpc) is 3.11. The fraction of sp³-hybridized carbons (Fsp3) is 0.533. The van der Waals surface area contributed by atoms with Crippen molar-refractivity contribution in [3.05, 3.63) is 35.9 Å². The van der Waals surface area contributed by atoms with E-state index in [1.807, 2.05) is 28.6 Å². The van der Waals surface area contributed by atoms with Gasteiger partial charge < -0.3 is 10.6 Å². The standard InChI is InChI=1S/C15H25N7.HI/c1-13-12-14(2)22(20-13)10-4-6-17-15(16-3)18-8-11-21-9-5-7-19-21;/h5,7,9,12H,4,6,8,10-11H2,1-3H3,(H2,16,17,18);1H. The molecule has 0 saturated carbocycles. The maximum Gasteiger partial charge on any atom is 0.191 e. The Hall–Kier alpha value is -1.58. The SMILES string of the molecule is CN=C(NCCCn1nc(C)cc1C)NCCn1cccn1.I. The molecule has 128 valence electrons. The van der Waals surface area contributed by atoms with Gasteiger partial charge in [-0.25, -0.2) is 0 Å². The largest absolute Gasteiger partial charge is 0.356 e. The third-order valence-electron chi connectivity index (χ3n) is 3.36. The van der Waals surface area contributed by atoms with Crippen LogP contribution in [0.1, 0.15) is 17.8 Å². The lowest BCUT2D eigenvalue weighted by molar-refractivity contribution is 0.552. The Labute approximate surface area is 154 Å². The highest BCUT2D eigenvalue weighted by Gasteiger charge is 2.01. The highest BCUT2D eigenvalue weighted by molar-refractivity contribution is 14.0. The lowest BCUT2D eigenvalue weighted by Crippen LogP contribution is -2.39. The first-order chi connectivity index (χ1) is 10.7. The number of aromatic nitrogens is 4. The van der Waals surface area contributed by atoms with Gasteiger partial charge in [-0.3, -0.25) is 14.4 Å². The van der Waals surface area contributed by atoms with Crippen LogP contribution >= 0.6 is 24.0 Å². The molecular weight excluding hydrogens is 405 g/mol. The van der Waals surface area contributed by atoms with Crippen LogP contribution in [0.25, 0.3) is 0 Å². The highest BCUT2D eigenvalue weighted by atomic mass is 127. The topological polar surface area (TPSA) is 72.1 Å². The molecule has 0 aromatic carbocycles. The number of rotatable bonds is 7. The van der Waals surface area contributed by atoms with Crippen molar-refractivity contribution in [1.82, 2.24) is 30.2 Å². The first kappa shape index (κ1) is 19.5. The van der Waals surface area contributed by atoms with Gasteiger partial charge in [-0.05, 0) is 32.4 Å². The molecule has 0 fully saturated rings. The fourth-order valence-electron chi connectivity index (χ4n) is 2.28. The number of nitrogens with one attached hydrogen (secondary N) is 2. The normalized spacial score (nSPS) is 11.2. The van der Waals surface area contributed by atoms with Gasteiger partial charge in [-0.2, -0.15) is 10.2 Å².